The maximum absolute atomic E-state index is 13.0. The number of amides is 1. The minimum atomic E-state index is -3.66. The van der Waals surface area contributed by atoms with Gasteiger partial charge in [0, 0.05) is 32.6 Å². The molecule has 0 bridgehead atoms. The van der Waals surface area contributed by atoms with E-state index < -0.39 is 20.0 Å². The Labute approximate surface area is 236 Å². The number of piperidine rings is 1. The highest BCUT2D eigenvalue weighted by molar-refractivity contribution is 7.89. The van der Waals surface area contributed by atoms with Crippen molar-refractivity contribution >= 4 is 26.0 Å². The van der Waals surface area contributed by atoms with E-state index >= 15 is 0 Å². The van der Waals surface area contributed by atoms with E-state index in [1.807, 2.05) is 0 Å². The number of carbonyl (C=O) groups excluding carboxylic acids is 1. The lowest BCUT2D eigenvalue weighted by Crippen LogP contribution is -2.40. The summed E-state index contributed by atoms with van der Waals surface area (Å²) in [6, 6.07) is 11.0. The molecule has 11 nitrogen and oxygen atoms in total. The number of rotatable bonds is 12. The van der Waals surface area contributed by atoms with Crippen LogP contribution in [0.15, 0.2) is 52.3 Å². The Bertz CT molecular complexity index is 1350. The Kier molecular flexibility index (Phi) is 10.4. The van der Waals surface area contributed by atoms with Gasteiger partial charge in [0.2, 0.25) is 26.0 Å². The number of morpholine rings is 1. The molecule has 0 radical (unpaired) electrons. The van der Waals surface area contributed by atoms with E-state index in [2.05, 4.69) is 5.32 Å². The largest absolute Gasteiger partial charge is 0.496 e. The molecule has 0 atom stereocenters. The van der Waals surface area contributed by atoms with Crippen LogP contribution in [0.25, 0.3) is 0 Å². The maximum atomic E-state index is 13.0. The number of sulfonamides is 2. The molecule has 1 amide bonds. The van der Waals surface area contributed by atoms with Crippen molar-refractivity contribution in [3.05, 3.63) is 48.0 Å². The van der Waals surface area contributed by atoms with Gasteiger partial charge in [-0.2, -0.15) is 8.61 Å². The third-order valence-corrected chi connectivity index (χ3v) is 10.8. The highest BCUT2D eigenvalue weighted by Crippen LogP contribution is 2.26. The van der Waals surface area contributed by atoms with Gasteiger partial charge in [-0.1, -0.05) is 6.42 Å². The Hall–Kier alpha value is -2.71. The van der Waals surface area contributed by atoms with Crippen LogP contribution in [0.1, 0.15) is 31.2 Å². The Morgan fingerprint density at radius 2 is 1.50 bits per heavy atom. The molecular formula is C27H37N3O8S2. The smallest absolute Gasteiger partial charge is 0.243 e. The highest BCUT2D eigenvalue weighted by atomic mass is 32.2. The Balaban J connectivity index is 1.24. The quantitative estimate of drug-likeness (QED) is 0.369. The number of nitrogens with one attached hydrogen (secondary N) is 1. The second kappa shape index (κ2) is 13.8. The average Bonchev–Trinajstić information content (AvgIpc) is 2.99. The molecule has 1 N–H and O–H groups in total. The molecule has 2 aliphatic heterocycles. The standard InChI is InChI=1S/C27H37N3O8S2/c1-36-26-11-10-25(40(34,35)30-16-19-37-20-17-30)21-22(26)5-12-27(31)28-13-18-38-23-6-8-24(9-7-23)39(32,33)29-14-3-2-4-15-29/h6-11,21H,2-5,12-20H2,1H3,(H,28,31). The van der Waals surface area contributed by atoms with Crippen LogP contribution in [0, 0.1) is 0 Å². The van der Waals surface area contributed by atoms with E-state index in [-0.39, 0.29) is 35.3 Å². The fraction of sp³-hybridized carbons (Fsp3) is 0.519. The molecule has 2 heterocycles. The number of hydrogen-bond acceptors (Lipinski definition) is 8. The van der Waals surface area contributed by atoms with Crippen LogP contribution in [0.5, 0.6) is 11.5 Å². The molecule has 220 valence electrons. The second-order valence-corrected chi connectivity index (χ2v) is 13.5. The number of aryl methyl sites for hydroxylation is 1. The van der Waals surface area contributed by atoms with Crippen LogP contribution in [-0.2, 0) is 36.0 Å². The Morgan fingerprint density at radius 1 is 0.875 bits per heavy atom. The van der Waals surface area contributed by atoms with Crippen LogP contribution in [-0.4, -0.2) is 91.0 Å². The van der Waals surface area contributed by atoms with Gasteiger partial charge in [0.25, 0.3) is 0 Å². The molecule has 0 aliphatic carbocycles. The summed E-state index contributed by atoms with van der Waals surface area (Å²) in [6.45, 7) is 2.89. The monoisotopic (exact) mass is 595 g/mol. The molecule has 2 aromatic carbocycles. The Morgan fingerprint density at radius 3 is 2.17 bits per heavy atom. The molecule has 0 spiro atoms. The first-order chi connectivity index (χ1) is 19.2. The van der Waals surface area contributed by atoms with Gasteiger partial charge in [-0.05, 0) is 67.3 Å². The molecule has 40 heavy (non-hydrogen) atoms. The van der Waals surface area contributed by atoms with Gasteiger partial charge in [0.05, 0.1) is 36.7 Å². The first kappa shape index (κ1) is 30.3. The lowest BCUT2D eigenvalue weighted by Gasteiger charge is -2.26. The van der Waals surface area contributed by atoms with E-state index in [1.54, 1.807) is 36.4 Å². The zero-order valence-electron chi connectivity index (χ0n) is 22.7. The number of carbonyl (C=O) groups is 1. The van der Waals surface area contributed by atoms with Gasteiger partial charge < -0.3 is 19.5 Å². The summed E-state index contributed by atoms with van der Waals surface area (Å²) in [6.07, 6.45) is 3.25. The third-order valence-electron chi connectivity index (χ3n) is 6.95. The van der Waals surface area contributed by atoms with Crippen molar-refractivity contribution in [1.82, 2.24) is 13.9 Å². The van der Waals surface area contributed by atoms with Crippen LogP contribution >= 0.6 is 0 Å². The summed E-state index contributed by atoms with van der Waals surface area (Å²) in [5.74, 6) is 0.813. The molecule has 2 aromatic rings. The van der Waals surface area contributed by atoms with E-state index in [9.17, 15) is 21.6 Å². The van der Waals surface area contributed by atoms with Crippen molar-refractivity contribution in [3.8, 4) is 11.5 Å². The lowest BCUT2D eigenvalue weighted by atomic mass is 10.1. The normalized spacial score (nSPS) is 17.3. The lowest BCUT2D eigenvalue weighted by molar-refractivity contribution is -0.121. The molecule has 0 saturated carbocycles. The number of benzene rings is 2. The summed E-state index contributed by atoms with van der Waals surface area (Å²) in [5, 5.41) is 2.79. The van der Waals surface area contributed by atoms with Crippen LogP contribution < -0.4 is 14.8 Å². The predicted octanol–water partition coefficient (Wildman–Crippen LogP) is 2.02. The number of methoxy groups -OCH3 is 1. The van der Waals surface area contributed by atoms with Crippen molar-refractivity contribution in [3.63, 3.8) is 0 Å². The highest BCUT2D eigenvalue weighted by Gasteiger charge is 2.27. The summed E-state index contributed by atoms with van der Waals surface area (Å²) in [4.78, 5) is 12.8. The van der Waals surface area contributed by atoms with E-state index in [0.29, 0.717) is 62.9 Å². The fourth-order valence-electron chi connectivity index (χ4n) is 4.70. The maximum Gasteiger partial charge on any atom is 0.243 e. The topological polar surface area (TPSA) is 132 Å². The molecule has 0 unspecified atom stereocenters. The van der Waals surface area contributed by atoms with E-state index in [4.69, 9.17) is 14.2 Å². The zero-order valence-corrected chi connectivity index (χ0v) is 24.3. The van der Waals surface area contributed by atoms with Gasteiger partial charge in [-0.15, -0.1) is 0 Å². The van der Waals surface area contributed by atoms with E-state index in [1.165, 1.54) is 21.8 Å². The van der Waals surface area contributed by atoms with Crippen molar-refractivity contribution in [2.45, 2.75) is 41.9 Å². The molecule has 4 rings (SSSR count). The van der Waals surface area contributed by atoms with Crippen molar-refractivity contribution in [1.29, 1.82) is 0 Å². The number of hydrogen-bond donors (Lipinski definition) is 1. The summed E-state index contributed by atoms with van der Waals surface area (Å²) in [7, 11) is -5.66. The van der Waals surface area contributed by atoms with Gasteiger partial charge in [0.1, 0.15) is 18.1 Å². The van der Waals surface area contributed by atoms with Crippen LogP contribution in [0.3, 0.4) is 0 Å². The number of nitrogens with zero attached hydrogens (tertiary/aromatic N) is 2. The summed E-state index contributed by atoms with van der Waals surface area (Å²) >= 11 is 0. The molecule has 2 aliphatic rings. The second-order valence-electron chi connectivity index (χ2n) is 9.62. The molecule has 2 fully saturated rings. The first-order valence-corrected chi connectivity index (χ1v) is 16.3. The minimum absolute atomic E-state index is 0.139. The van der Waals surface area contributed by atoms with Crippen molar-refractivity contribution < 1.29 is 35.8 Å². The minimum Gasteiger partial charge on any atom is -0.496 e. The molecule has 2 saturated heterocycles. The average molecular weight is 596 g/mol. The van der Waals surface area contributed by atoms with Crippen LogP contribution in [0.2, 0.25) is 0 Å². The molecule has 13 heteroatoms. The van der Waals surface area contributed by atoms with Gasteiger partial charge in [-0.25, -0.2) is 16.8 Å². The fourth-order valence-corrected chi connectivity index (χ4v) is 7.68. The van der Waals surface area contributed by atoms with Gasteiger partial charge >= 0.3 is 0 Å². The molecular weight excluding hydrogens is 558 g/mol. The third kappa shape index (κ3) is 7.52. The first-order valence-electron chi connectivity index (χ1n) is 13.5. The number of ether oxygens (including phenoxy) is 3. The molecule has 0 aromatic heterocycles. The van der Waals surface area contributed by atoms with Crippen molar-refractivity contribution in [2.75, 3.05) is 59.7 Å². The predicted molar refractivity (Wildman–Crippen MR) is 148 cm³/mol. The van der Waals surface area contributed by atoms with Gasteiger partial charge in [-0.3, -0.25) is 4.79 Å². The van der Waals surface area contributed by atoms with Gasteiger partial charge in [0.15, 0.2) is 0 Å². The SMILES string of the molecule is COc1ccc(S(=O)(=O)N2CCOCC2)cc1CCC(=O)NCCOc1ccc(S(=O)(=O)N2CCCCC2)cc1. The summed E-state index contributed by atoms with van der Waals surface area (Å²) < 4.78 is 70.8. The van der Waals surface area contributed by atoms with Crippen LogP contribution in [0.4, 0.5) is 0 Å². The summed E-state index contributed by atoms with van der Waals surface area (Å²) in [5.41, 5.74) is 0.628. The van der Waals surface area contributed by atoms with E-state index in [0.717, 1.165) is 19.3 Å². The zero-order chi connectivity index (χ0) is 28.6. The van der Waals surface area contributed by atoms with Crippen molar-refractivity contribution in [2.24, 2.45) is 0 Å².